The van der Waals surface area contributed by atoms with Gasteiger partial charge in [0.1, 0.15) is 5.75 Å². The molecule has 0 aliphatic carbocycles. The van der Waals surface area contributed by atoms with Gasteiger partial charge in [0.05, 0.1) is 17.3 Å². The lowest BCUT2D eigenvalue weighted by molar-refractivity contribution is -0.129. The molecule has 5 aromatic carbocycles. The smallest absolute Gasteiger partial charge is 0.252 e. The number of nitrogens with one attached hydrogen (secondary N) is 1. The maximum Gasteiger partial charge on any atom is 0.252 e. The zero-order valence-electron chi connectivity index (χ0n) is 28.4. The van der Waals surface area contributed by atoms with Crippen LogP contribution in [0, 0.1) is 0 Å². The molecule has 0 aromatic heterocycles. The third-order valence-electron chi connectivity index (χ3n) is 8.98. The molecule has 1 amide bonds. The minimum atomic E-state index is -3.77. The van der Waals surface area contributed by atoms with E-state index in [1.807, 2.05) is 72.8 Å². The highest BCUT2D eigenvalue weighted by molar-refractivity contribution is 7.91. The van der Waals surface area contributed by atoms with Crippen LogP contribution in [0.5, 0.6) is 5.75 Å². The number of benzene rings is 5. The van der Waals surface area contributed by atoms with Gasteiger partial charge in [-0.1, -0.05) is 103 Å². The highest BCUT2D eigenvalue weighted by Crippen LogP contribution is 2.43. The summed E-state index contributed by atoms with van der Waals surface area (Å²) in [6.07, 6.45) is 0.972. The number of nitrogens with zero attached hydrogens (tertiary/aromatic N) is 1. The monoisotopic (exact) mass is 702 g/mol. The summed E-state index contributed by atoms with van der Waals surface area (Å²) in [5.41, 5.74) is 2.95. The van der Waals surface area contributed by atoms with Crippen LogP contribution in [-0.4, -0.2) is 56.4 Å². The summed E-state index contributed by atoms with van der Waals surface area (Å²) in [7, 11) is -3.77. The van der Waals surface area contributed by atoms with Crippen molar-refractivity contribution in [3.63, 3.8) is 0 Å². The maximum atomic E-state index is 14.5. The molecule has 0 fully saturated rings. The molecule has 2 N–H and O–H groups in total. The Bertz CT molecular complexity index is 2000. The SMILES string of the molecule is O=C(NCCCc1ccccc1)[C@]1(CCS(=O)(=O)c2ccccc2)N=C(c2ccc(OCCCO)cc2)O[C@@H]1c1ccc(-c2ccccc2)cc1. The van der Waals surface area contributed by atoms with Gasteiger partial charge in [-0.15, -0.1) is 0 Å². The van der Waals surface area contributed by atoms with Gasteiger partial charge in [-0.3, -0.25) is 4.79 Å². The van der Waals surface area contributed by atoms with Crippen molar-refractivity contribution in [1.29, 1.82) is 0 Å². The van der Waals surface area contributed by atoms with Crippen LogP contribution in [0.2, 0.25) is 0 Å². The Balaban J connectivity index is 1.35. The Hall–Kier alpha value is -5.25. The molecular formula is C42H42N2O6S. The van der Waals surface area contributed by atoms with E-state index in [1.165, 1.54) is 5.56 Å². The van der Waals surface area contributed by atoms with Crippen LogP contribution < -0.4 is 10.1 Å². The summed E-state index contributed by atoms with van der Waals surface area (Å²) in [6.45, 7) is 0.788. The molecule has 0 spiro atoms. The van der Waals surface area contributed by atoms with Gasteiger partial charge in [0.25, 0.3) is 5.91 Å². The largest absolute Gasteiger partial charge is 0.494 e. The molecule has 51 heavy (non-hydrogen) atoms. The van der Waals surface area contributed by atoms with Crippen LogP contribution in [0.25, 0.3) is 11.1 Å². The predicted octanol–water partition coefficient (Wildman–Crippen LogP) is 6.98. The fourth-order valence-electron chi connectivity index (χ4n) is 6.18. The highest BCUT2D eigenvalue weighted by atomic mass is 32.2. The molecule has 0 saturated heterocycles. The van der Waals surface area contributed by atoms with E-state index in [0.29, 0.717) is 42.9 Å². The van der Waals surface area contributed by atoms with Gasteiger partial charge in [0, 0.05) is 31.6 Å². The first-order valence-electron chi connectivity index (χ1n) is 17.2. The van der Waals surface area contributed by atoms with E-state index in [-0.39, 0.29) is 29.6 Å². The fourth-order valence-corrected chi connectivity index (χ4v) is 7.57. The zero-order valence-corrected chi connectivity index (χ0v) is 29.2. The van der Waals surface area contributed by atoms with Gasteiger partial charge in [-0.25, -0.2) is 13.4 Å². The molecular weight excluding hydrogens is 661 g/mol. The van der Waals surface area contributed by atoms with E-state index in [0.717, 1.165) is 17.5 Å². The van der Waals surface area contributed by atoms with Crippen molar-refractivity contribution in [2.75, 3.05) is 25.5 Å². The van der Waals surface area contributed by atoms with E-state index in [4.69, 9.17) is 19.6 Å². The minimum absolute atomic E-state index is 0.0346. The van der Waals surface area contributed by atoms with Crippen molar-refractivity contribution in [2.45, 2.75) is 42.2 Å². The molecule has 9 heteroatoms. The molecule has 8 nitrogen and oxygen atoms in total. The Morgan fingerprint density at radius 3 is 2.04 bits per heavy atom. The molecule has 262 valence electrons. The second-order valence-electron chi connectivity index (χ2n) is 12.5. The highest BCUT2D eigenvalue weighted by Gasteiger charge is 2.53. The average Bonchev–Trinajstić information content (AvgIpc) is 3.58. The Morgan fingerprint density at radius 2 is 1.37 bits per heavy atom. The lowest BCUT2D eigenvalue weighted by atomic mass is 9.84. The summed E-state index contributed by atoms with van der Waals surface area (Å²) >= 11 is 0. The summed E-state index contributed by atoms with van der Waals surface area (Å²) in [4.78, 5) is 19.7. The third-order valence-corrected chi connectivity index (χ3v) is 10.7. The average molecular weight is 703 g/mol. The van der Waals surface area contributed by atoms with Crippen molar-refractivity contribution >= 4 is 21.6 Å². The standard InChI is InChI=1S/C42H42N2O6S/c45-29-11-30-49-37-25-23-36(24-26-37)40-44-42(27-31-51(47,48)38-17-8-3-9-18-38,41(46)43-28-10-14-32-12-4-1-5-13-32)39(50-40)35-21-19-34(20-22-35)33-15-6-2-7-16-33/h1-9,12-13,15-26,39,45H,10-11,14,27-31H2,(H,43,46)/t39-,42-/m1/s1. The summed E-state index contributed by atoms with van der Waals surface area (Å²) in [6, 6.07) is 43.3. The van der Waals surface area contributed by atoms with Crippen molar-refractivity contribution in [2.24, 2.45) is 4.99 Å². The minimum Gasteiger partial charge on any atom is -0.494 e. The maximum absolute atomic E-state index is 14.5. The second kappa shape index (κ2) is 16.6. The number of hydrogen-bond donors (Lipinski definition) is 2. The zero-order chi connectivity index (χ0) is 35.5. The summed E-state index contributed by atoms with van der Waals surface area (Å²) < 4.78 is 39.7. The summed E-state index contributed by atoms with van der Waals surface area (Å²) in [5.74, 6) is 0.154. The van der Waals surface area contributed by atoms with E-state index >= 15 is 0 Å². The van der Waals surface area contributed by atoms with Crippen molar-refractivity contribution in [1.82, 2.24) is 5.32 Å². The number of hydrogen-bond acceptors (Lipinski definition) is 7. The lowest BCUT2D eigenvalue weighted by Gasteiger charge is -2.30. The second-order valence-corrected chi connectivity index (χ2v) is 14.6. The summed E-state index contributed by atoms with van der Waals surface area (Å²) in [5, 5.41) is 12.2. The van der Waals surface area contributed by atoms with Gasteiger partial charge in [-0.2, -0.15) is 0 Å². The normalized spacial score (nSPS) is 17.0. The van der Waals surface area contributed by atoms with Crippen molar-refractivity contribution < 1.29 is 27.8 Å². The Morgan fingerprint density at radius 1 is 0.765 bits per heavy atom. The molecule has 0 saturated carbocycles. The number of aliphatic hydroxyl groups excluding tert-OH is 1. The molecule has 1 heterocycles. The number of amides is 1. The Labute approximate surface area is 299 Å². The number of sulfone groups is 1. The number of aliphatic imine (C=N–C) groups is 1. The third kappa shape index (κ3) is 8.74. The van der Waals surface area contributed by atoms with Crippen LogP contribution in [0.3, 0.4) is 0 Å². The van der Waals surface area contributed by atoms with Crippen molar-refractivity contribution in [3.8, 4) is 16.9 Å². The number of carbonyl (C=O) groups excluding carboxylic acids is 1. The molecule has 0 bridgehead atoms. The molecule has 5 aromatic rings. The van der Waals surface area contributed by atoms with Crippen molar-refractivity contribution in [3.05, 3.63) is 156 Å². The number of ether oxygens (including phenoxy) is 2. The topological polar surface area (TPSA) is 114 Å². The van der Waals surface area contributed by atoms with Crippen LogP contribution >= 0.6 is 0 Å². The van der Waals surface area contributed by atoms with E-state index in [2.05, 4.69) is 17.4 Å². The molecule has 1 aliphatic heterocycles. The quantitative estimate of drug-likeness (QED) is 0.107. The van der Waals surface area contributed by atoms with Gasteiger partial charge >= 0.3 is 0 Å². The van der Waals surface area contributed by atoms with Crippen LogP contribution in [-0.2, 0) is 25.8 Å². The van der Waals surface area contributed by atoms with Gasteiger partial charge < -0.3 is 19.9 Å². The first kappa shape index (κ1) is 35.6. The molecule has 1 aliphatic rings. The van der Waals surface area contributed by atoms with E-state index in [1.54, 1.807) is 54.6 Å². The Kier molecular flexibility index (Phi) is 11.6. The first-order valence-corrected chi connectivity index (χ1v) is 18.9. The number of carbonyl (C=O) groups is 1. The predicted molar refractivity (Wildman–Crippen MR) is 199 cm³/mol. The first-order chi connectivity index (χ1) is 24.9. The molecule has 2 atom stereocenters. The van der Waals surface area contributed by atoms with Gasteiger partial charge in [-0.05, 0) is 71.5 Å². The van der Waals surface area contributed by atoms with Crippen LogP contribution in [0.15, 0.2) is 149 Å². The number of aliphatic hydroxyl groups is 1. The number of aryl methyl sites for hydroxylation is 1. The molecule has 0 radical (unpaired) electrons. The van der Waals surface area contributed by atoms with Gasteiger partial charge in [0.2, 0.25) is 5.90 Å². The fraction of sp³-hybridized carbons (Fsp3) is 0.238. The van der Waals surface area contributed by atoms with Crippen LogP contribution in [0.1, 0.15) is 42.1 Å². The van der Waals surface area contributed by atoms with Crippen LogP contribution in [0.4, 0.5) is 0 Å². The number of rotatable bonds is 16. The van der Waals surface area contributed by atoms with E-state index in [9.17, 15) is 13.2 Å². The van der Waals surface area contributed by atoms with E-state index < -0.39 is 27.4 Å². The lowest BCUT2D eigenvalue weighted by Crippen LogP contribution is -2.49. The molecule has 0 unspecified atom stereocenters. The van der Waals surface area contributed by atoms with Gasteiger partial charge in [0.15, 0.2) is 21.5 Å². The molecule has 6 rings (SSSR count).